The number of carbonyl (C=O) groups excluding carboxylic acids is 1. The van der Waals surface area contributed by atoms with Gasteiger partial charge >= 0.3 is 0 Å². The molecule has 2 aromatic rings. The van der Waals surface area contributed by atoms with E-state index in [9.17, 15) is 4.79 Å². The van der Waals surface area contributed by atoms with Crippen LogP contribution >= 0.6 is 11.8 Å². The standard InChI is InChI=1S/C16H26N6O2S/c1-10(2)22(11(3)4)13(23)9-25-16-18-17-14(21(16)6)12-8-20(5)19-15(12)24-7/h8,10-11H,9H2,1-7H3. The Kier molecular flexibility index (Phi) is 6.10. The predicted molar refractivity (Wildman–Crippen MR) is 97.6 cm³/mol. The molecule has 0 spiro atoms. The van der Waals surface area contributed by atoms with E-state index in [-0.39, 0.29) is 18.0 Å². The third-order valence-electron chi connectivity index (χ3n) is 3.79. The van der Waals surface area contributed by atoms with Crippen LogP contribution in [0.4, 0.5) is 0 Å². The summed E-state index contributed by atoms with van der Waals surface area (Å²) in [6, 6.07) is 0.339. The molecule has 8 nitrogen and oxygen atoms in total. The molecule has 0 unspecified atom stereocenters. The molecule has 9 heteroatoms. The van der Waals surface area contributed by atoms with Gasteiger partial charge in [-0.1, -0.05) is 11.8 Å². The second-order valence-electron chi connectivity index (χ2n) is 6.37. The van der Waals surface area contributed by atoms with E-state index in [1.165, 1.54) is 11.8 Å². The van der Waals surface area contributed by atoms with Crippen LogP contribution in [0.1, 0.15) is 27.7 Å². The van der Waals surface area contributed by atoms with Crippen LogP contribution in [0.15, 0.2) is 11.4 Å². The largest absolute Gasteiger partial charge is 0.479 e. The SMILES string of the molecule is COc1nn(C)cc1-c1nnc(SCC(=O)N(C(C)C)C(C)C)n1C. The maximum atomic E-state index is 12.5. The van der Waals surface area contributed by atoms with Gasteiger partial charge in [0, 0.05) is 32.4 Å². The number of aromatic nitrogens is 5. The van der Waals surface area contributed by atoms with Crippen molar-refractivity contribution in [2.24, 2.45) is 14.1 Å². The molecule has 0 atom stereocenters. The number of carbonyl (C=O) groups is 1. The van der Waals surface area contributed by atoms with Crippen LogP contribution < -0.4 is 4.74 Å². The van der Waals surface area contributed by atoms with Crippen molar-refractivity contribution in [3.05, 3.63) is 6.20 Å². The first-order valence-corrected chi connectivity index (χ1v) is 9.16. The smallest absolute Gasteiger partial charge is 0.243 e. The van der Waals surface area contributed by atoms with E-state index in [0.717, 1.165) is 5.56 Å². The summed E-state index contributed by atoms with van der Waals surface area (Å²) in [5.41, 5.74) is 0.768. The molecular weight excluding hydrogens is 340 g/mol. The molecule has 1 amide bonds. The quantitative estimate of drug-likeness (QED) is 0.697. The van der Waals surface area contributed by atoms with E-state index in [4.69, 9.17) is 4.74 Å². The minimum Gasteiger partial charge on any atom is -0.479 e. The average Bonchev–Trinajstić information content (AvgIpc) is 3.06. The van der Waals surface area contributed by atoms with Crippen molar-refractivity contribution in [3.8, 4) is 17.3 Å². The highest BCUT2D eigenvalue weighted by Gasteiger charge is 2.22. The average molecular weight is 366 g/mol. The van der Waals surface area contributed by atoms with Crippen molar-refractivity contribution >= 4 is 17.7 Å². The Morgan fingerprint density at radius 2 is 1.88 bits per heavy atom. The molecule has 0 fully saturated rings. The van der Waals surface area contributed by atoms with Gasteiger partial charge in [-0.3, -0.25) is 9.48 Å². The molecule has 2 aromatic heterocycles. The van der Waals surface area contributed by atoms with E-state index in [1.54, 1.807) is 11.8 Å². The lowest BCUT2D eigenvalue weighted by Gasteiger charge is -2.30. The number of aryl methyl sites for hydroxylation is 1. The molecular formula is C16H26N6O2S. The number of ether oxygens (including phenoxy) is 1. The fourth-order valence-corrected chi connectivity index (χ4v) is 3.60. The Morgan fingerprint density at radius 3 is 2.44 bits per heavy atom. The Hall–Kier alpha value is -2.03. The van der Waals surface area contributed by atoms with Crippen LogP contribution in [0.5, 0.6) is 5.88 Å². The van der Waals surface area contributed by atoms with Crippen molar-refractivity contribution in [1.29, 1.82) is 0 Å². The lowest BCUT2D eigenvalue weighted by molar-refractivity contribution is -0.131. The van der Waals surface area contributed by atoms with Crippen LogP contribution in [-0.2, 0) is 18.9 Å². The molecule has 2 rings (SSSR count). The molecule has 138 valence electrons. The third-order valence-corrected chi connectivity index (χ3v) is 4.79. The molecule has 0 aliphatic heterocycles. The van der Waals surface area contributed by atoms with Gasteiger partial charge < -0.3 is 14.2 Å². The third kappa shape index (κ3) is 4.15. The first-order valence-electron chi connectivity index (χ1n) is 8.17. The molecule has 0 aliphatic carbocycles. The summed E-state index contributed by atoms with van der Waals surface area (Å²) < 4.78 is 8.81. The minimum absolute atomic E-state index is 0.0958. The molecule has 0 aromatic carbocycles. The highest BCUT2D eigenvalue weighted by molar-refractivity contribution is 7.99. The van der Waals surface area contributed by atoms with Gasteiger partial charge in [-0.15, -0.1) is 15.3 Å². The number of nitrogens with zero attached hydrogens (tertiary/aromatic N) is 6. The van der Waals surface area contributed by atoms with E-state index < -0.39 is 0 Å². The Labute approximate surface area is 152 Å². The van der Waals surface area contributed by atoms with Crippen molar-refractivity contribution < 1.29 is 9.53 Å². The normalized spacial score (nSPS) is 11.4. The van der Waals surface area contributed by atoms with Gasteiger partial charge in [0.2, 0.25) is 11.8 Å². The fraction of sp³-hybridized carbons (Fsp3) is 0.625. The van der Waals surface area contributed by atoms with E-state index in [1.807, 2.05) is 57.5 Å². The van der Waals surface area contributed by atoms with E-state index >= 15 is 0 Å². The second kappa shape index (κ2) is 7.90. The minimum atomic E-state index is 0.0958. The summed E-state index contributed by atoms with van der Waals surface area (Å²) in [6.45, 7) is 8.10. The van der Waals surface area contributed by atoms with Crippen LogP contribution in [0, 0.1) is 0 Å². The number of hydrogen-bond donors (Lipinski definition) is 0. The zero-order chi connectivity index (χ0) is 18.7. The summed E-state index contributed by atoms with van der Waals surface area (Å²) >= 11 is 1.38. The van der Waals surface area contributed by atoms with Gasteiger partial charge in [0.1, 0.15) is 5.56 Å². The zero-order valence-electron chi connectivity index (χ0n) is 15.8. The first kappa shape index (κ1) is 19.3. The Morgan fingerprint density at radius 1 is 1.24 bits per heavy atom. The summed E-state index contributed by atoms with van der Waals surface area (Å²) in [4.78, 5) is 14.4. The first-order chi connectivity index (χ1) is 11.8. The van der Waals surface area contributed by atoms with Crippen LogP contribution in [0.25, 0.3) is 11.4 Å². The molecule has 0 radical (unpaired) electrons. The Bertz CT molecular complexity index is 729. The topological polar surface area (TPSA) is 78.1 Å². The zero-order valence-corrected chi connectivity index (χ0v) is 16.7. The maximum Gasteiger partial charge on any atom is 0.243 e. The van der Waals surface area contributed by atoms with Gasteiger partial charge in [0.15, 0.2) is 11.0 Å². The fourth-order valence-electron chi connectivity index (χ4n) is 2.82. The maximum absolute atomic E-state index is 12.5. The number of thioether (sulfide) groups is 1. The summed E-state index contributed by atoms with van der Waals surface area (Å²) in [7, 11) is 5.27. The van der Waals surface area contributed by atoms with Gasteiger partial charge in [-0.25, -0.2) is 0 Å². The van der Waals surface area contributed by atoms with Crippen LogP contribution in [0.2, 0.25) is 0 Å². The van der Waals surface area contributed by atoms with Crippen molar-refractivity contribution in [1.82, 2.24) is 29.4 Å². The molecule has 0 N–H and O–H groups in total. The summed E-state index contributed by atoms with van der Waals surface area (Å²) in [5.74, 6) is 1.58. The monoisotopic (exact) mass is 366 g/mol. The van der Waals surface area contributed by atoms with Gasteiger partial charge in [0.05, 0.1) is 12.9 Å². The molecule has 0 saturated carbocycles. The second-order valence-corrected chi connectivity index (χ2v) is 7.31. The predicted octanol–water partition coefficient (Wildman–Crippen LogP) is 1.96. The van der Waals surface area contributed by atoms with Crippen molar-refractivity contribution in [2.75, 3.05) is 12.9 Å². The van der Waals surface area contributed by atoms with Crippen molar-refractivity contribution in [3.63, 3.8) is 0 Å². The van der Waals surface area contributed by atoms with Crippen molar-refractivity contribution in [2.45, 2.75) is 44.9 Å². The highest BCUT2D eigenvalue weighted by Crippen LogP contribution is 2.29. The van der Waals surface area contributed by atoms with Gasteiger partial charge in [0.25, 0.3) is 0 Å². The lowest BCUT2D eigenvalue weighted by Crippen LogP contribution is -2.43. The molecule has 2 heterocycles. The van der Waals surface area contributed by atoms with Gasteiger partial charge in [-0.2, -0.15) is 0 Å². The number of amides is 1. The van der Waals surface area contributed by atoms with Gasteiger partial charge in [-0.05, 0) is 27.7 Å². The van der Waals surface area contributed by atoms with Crippen LogP contribution in [-0.4, -0.2) is 60.3 Å². The summed E-state index contributed by atoms with van der Waals surface area (Å²) in [5, 5.41) is 13.4. The number of hydrogen-bond acceptors (Lipinski definition) is 6. The lowest BCUT2D eigenvalue weighted by atomic mass is 10.2. The summed E-state index contributed by atoms with van der Waals surface area (Å²) in [6.07, 6.45) is 1.84. The number of rotatable bonds is 7. The highest BCUT2D eigenvalue weighted by atomic mass is 32.2. The van der Waals surface area contributed by atoms with E-state index in [2.05, 4.69) is 15.3 Å². The molecule has 0 bridgehead atoms. The van der Waals surface area contributed by atoms with Crippen LogP contribution in [0.3, 0.4) is 0 Å². The molecule has 25 heavy (non-hydrogen) atoms. The number of methoxy groups -OCH3 is 1. The molecule has 0 saturated heterocycles. The molecule has 0 aliphatic rings. The van der Waals surface area contributed by atoms with E-state index in [0.29, 0.717) is 22.6 Å². The Balaban J connectivity index is 2.15.